The molecule has 17 nitrogen and oxygen atoms in total. The maximum Gasteiger partial charge on any atom is 0.413 e. The van der Waals surface area contributed by atoms with Crippen LogP contribution in [0.5, 0.6) is 5.75 Å². The number of Topliss-reactive ketones (excluding diaryl/α,β-unsaturated/α-hetero) is 2. The summed E-state index contributed by atoms with van der Waals surface area (Å²) in [5.41, 5.74) is 0.812. The van der Waals surface area contributed by atoms with Gasteiger partial charge in [-0.15, -0.1) is 0 Å². The number of anilines is 2. The zero-order valence-electron chi connectivity index (χ0n) is 30.8. The second-order valence-corrected chi connectivity index (χ2v) is 15.4. The van der Waals surface area contributed by atoms with Crippen molar-refractivity contribution in [1.82, 2.24) is 9.80 Å². The minimum absolute atomic E-state index is 0.0405. The van der Waals surface area contributed by atoms with Gasteiger partial charge in [-0.1, -0.05) is 6.42 Å². The number of esters is 1. The van der Waals surface area contributed by atoms with E-state index < -0.39 is 101 Å². The number of nitrogens with one attached hydrogen (secondary N) is 1. The number of phenolic OH excluding ortho intramolecular Hbond substituents is 1. The van der Waals surface area contributed by atoms with Crippen molar-refractivity contribution in [3.05, 3.63) is 34.1 Å². The molecule has 0 unspecified atom stereocenters. The molecule has 0 heterocycles. The fourth-order valence-electron chi connectivity index (χ4n) is 7.67. The molecule has 4 atom stereocenters. The smallest absolute Gasteiger partial charge is 0.413 e. The van der Waals surface area contributed by atoms with Crippen molar-refractivity contribution in [1.29, 1.82) is 0 Å². The molecule has 0 saturated heterocycles. The molecule has 3 amide bonds. The average Bonchev–Trinajstić information content (AvgIpc) is 3.01. The molecule has 0 spiro atoms. The number of fused-ring (bicyclic) bond motifs is 3. The molecule has 53 heavy (non-hydrogen) atoms. The topological polar surface area (TPSA) is 250 Å². The Bertz CT molecular complexity index is 1840. The summed E-state index contributed by atoms with van der Waals surface area (Å²) < 4.78 is 10.2. The largest absolute Gasteiger partial charge is 0.508 e. The van der Waals surface area contributed by atoms with Gasteiger partial charge >= 0.3 is 12.1 Å². The number of carbonyl (C=O) groups is 6. The van der Waals surface area contributed by atoms with Gasteiger partial charge in [0.1, 0.15) is 29.4 Å². The van der Waals surface area contributed by atoms with Gasteiger partial charge < -0.3 is 45.9 Å². The molecule has 1 aromatic carbocycles. The first-order valence-electron chi connectivity index (χ1n) is 17.2. The number of aromatic hydroxyl groups is 1. The third kappa shape index (κ3) is 6.67. The van der Waals surface area contributed by atoms with Gasteiger partial charge in [0.15, 0.2) is 11.4 Å². The third-order valence-electron chi connectivity index (χ3n) is 10.6. The first-order chi connectivity index (χ1) is 24.6. The molecule has 0 aromatic heterocycles. The number of amides is 3. The zero-order chi connectivity index (χ0) is 39.5. The van der Waals surface area contributed by atoms with E-state index in [1.165, 1.54) is 25.1 Å². The molecule has 0 radical (unpaired) electrons. The van der Waals surface area contributed by atoms with Crippen LogP contribution in [0.15, 0.2) is 23.0 Å². The van der Waals surface area contributed by atoms with Crippen molar-refractivity contribution in [2.45, 2.75) is 70.1 Å². The molecular formula is C36H47N5O12. The molecule has 5 rings (SSSR count). The quantitative estimate of drug-likeness (QED) is 0.0909. The first-order valence-corrected chi connectivity index (χ1v) is 17.2. The summed E-state index contributed by atoms with van der Waals surface area (Å²) in [5.74, 6) is -9.41. The molecule has 288 valence electrons. The molecule has 7 N–H and O–H groups in total. The summed E-state index contributed by atoms with van der Waals surface area (Å²) in [4.78, 5) is 82.6. The minimum atomic E-state index is -2.81. The summed E-state index contributed by atoms with van der Waals surface area (Å²) in [7, 11) is 6.40. The normalized spacial score (nSPS) is 24.1. The predicted octanol–water partition coefficient (Wildman–Crippen LogP) is 1.51. The van der Waals surface area contributed by atoms with Crippen LogP contribution in [-0.2, 0) is 39.9 Å². The molecule has 2 fully saturated rings. The lowest BCUT2D eigenvalue weighted by Gasteiger charge is -2.50. The summed E-state index contributed by atoms with van der Waals surface area (Å²) in [6.45, 7) is 3.78. The van der Waals surface area contributed by atoms with Crippen molar-refractivity contribution in [2.75, 3.05) is 51.7 Å². The second-order valence-electron chi connectivity index (χ2n) is 15.4. The zero-order valence-corrected chi connectivity index (χ0v) is 30.8. The number of aliphatic hydroxyl groups is 3. The van der Waals surface area contributed by atoms with Crippen LogP contribution in [0.1, 0.15) is 57.6 Å². The van der Waals surface area contributed by atoms with Crippen LogP contribution in [0.2, 0.25) is 0 Å². The van der Waals surface area contributed by atoms with Crippen molar-refractivity contribution < 1.29 is 58.7 Å². The van der Waals surface area contributed by atoms with Gasteiger partial charge in [0.05, 0.1) is 23.2 Å². The Morgan fingerprint density at radius 3 is 2.21 bits per heavy atom. The lowest BCUT2D eigenvalue weighted by atomic mass is 9.57. The highest BCUT2D eigenvalue weighted by Crippen LogP contribution is 2.54. The van der Waals surface area contributed by atoms with Gasteiger partial charge in [-0.3, -0.25) is 33.8 Å². The lowest BCUT2D eigenvalue weighted by molar-refractivity contribution is -0.160. The number of ether oxygens (including phenoxy) is 2. The van der Waals surface area contributed by atoms with Crippen LogP contribution < -0.4 is 16.0 Å². The molecule has 2 saturated carbocycles. The maximum atomic E-state index is 14.2. The Labute approximate surface area is 306 Å². The maximum absolute atomic E-state index is 14.2. The average molecular weight is 742 g/mol. The van der Waals surface area contributed by atoms with Gasteiger partial charge in [0, 0.05) is 36.8 Å². The van der Waals surface area contributed by atoms with Gasteiger partial charge in [0.25, 0.3) is 5.91 Å². The molecule has 0 bridgehead atoms. The lowest BCUT2D eigenvalue weighted by Crippen LogP contribution is -2.65. The fourth-order valence-corrected chi connectivity index (χ4v) is 7.67. The Hall–Kier alpha value is -5.16. The number of nitrogens with two attached hydrogens (primary N) is 1. The second kappa shape index (κ2) is 14.0. The number of ketones is 2. The van der Waals surface area contributed by atoms with Crippen LogP contribution in [0, 0.1) is 17.8 Å². The number of rotatable bonds is 9. The minimum Gasteiger partial charge on any atom is -0.508 e. The van der Waals surface area contributed by atoms with E-state index in [-0.39, 0.29) is 35.6 Å². The number of nitrogens with zero attached hydrogens (tertiary/aromatic N) is 3. The molecule has 1 aromatic rings. The number of carbonyl (C=O) groups excluding carboxylic acids is 6. The van der Waals surface area contributed by atoms with E-state index in [4.69, 9.17) is 15.2 Å². The molecule has 4 aliphatic rings. The SMILES string of the molecule is CN(C)c1cc(NC(=O)CN(C(=O)OCOC(=O)C2CCC2)C(C)(C)C)c(O)c2c1C[C@H]1C[C@H]3[C@H](N(C)C)C(=O)C(C(N)=O)=C(O)[C@@]3(O)C(=O)C1=C2O. The van der Waals surface area contributed by atoms with E-state index in [2.05, 4.69) is 5.32 Å². The van der Waals surface area contributed by atoms with E-state index in [0.717, 1.165) is 11.3 Å². The van der Waals surface area contributed by atoms with Crippen LogP contribution >= 0.6 is 0 Å². The summed E-state index contributed by atoms with van der Waals surface area (Å²) in [5, 5.41) is 48.9. The Kier molecular flexibility index (Phi) is 10.3. The van der Waals surface area contributed by atoms with E-state index in [1.54, 1.807) is 39.8 Å². The van der Waals surface area contributed by atoms with Crippen molar-refractivity contribution in [2.24, 2.45) is 23.5 Å². The Morgan fingerprint density at radius 1 is 1.04 bits per heavy atom. The summed E-state index contributed by atoms with van der Waals surface area (Å²) in [6, 6.07) is 0.241. The van der Waals surface area contributed by atoms with E-state index in [1.807, 2.05) is 0 Å². The van der Waals surface area contributed by atoms with E-state index in [9.17, 15) is 49.2 Å². The molecular weight excluding hydrogens is 694 g/mol. The standard InChI is InChI=1S/C36H47N5O12/c1-35(2,3)41(34(50)53-15-52-33(49)16-9-8-10-16)14-22(42)38-20-13-21(39(4)5)18-11-17-12-19-26(40(6)7)29(45)25(32(37)48)31(47)36(19,51)30(46)23(17)28(44)24(18)27(20)43/h13,16-17,19,26,43-44,47,51H,8-12,14-15H2,1-7H3,(H2,37,48)(H,38,42)/t17-,19-,26-,36-/m0/s1. The van der Waals surface area contributed by atoms with Crippen molar-refractivity contribution in [3.8, 4) is 5.75 Å². The van der Waals surface area contributed by atoms with Gasteiger partial charge in [-0.25, -0.2) is 4.79 Å². The molecule has 4 aliphatic carbocycles. The molecule has 17 heteroatoms. The Morgan fingerprint density at radius 2 is 1.68 bits per heavy atom. The highest BCUT2D eigenvalue weighted by Gasteiger charge is 2.64. The van der Waals surface area contributed by atoms with E-state index >= 15 is 0 Å². The van der Waals surface area contributed by atoms with Gasteiger partial charge in [-0.05, 0) is 78.1 Å². The fraction of sp³-hybridized carbons (Fsp3) is 0.556. The van der Waals surface area contributed by atoms with E-state index in [0.29, 0.717) is 24.1 Å². The van der Waals surface area contributed by atoms with Crippen molar-refractivity contribution in [3.63, 3.8) is 0 Å². The number of phenols is 1. The number of likely N-dealkylation sites (N-methyl/N-ethyl adjacent to an activating group) is 1. The number of primary amides is 1. The predicted molar refractivity (Wildman–Crippen MR) is 188 cm³/mol. The summed E-state index contributed by atoms with van der Waals surface area (Å²) in [6.07, 6.45) is 1.35. The monoisotopic (exact) mass is 741 g/mol. The highest BCUT2D eigenvalue weighted by molar-refractivity contribution is 6.24. The van der Waals surface area contributed by atoms with Crippen LogP contribution in [0.3, 0.4) is 0 Å². The van der Waals surface area contributed by atoms with Crippen LogP contribution in [-0.4, -0.2) is 124 Å². The van der Waals surface area contributed by atoms with Gasteiger partial charge in [-0.2, -0.15) is 0 Å². The first kappa shape index (κ1) is 39.1. The number of hydrogen-bond acceptors (Lipinski definition) is 14. The third-order valence-corrected chi connectivity index (χ3v) is 10.6. The number of aliphatic hydroxyl groups excluding tert-OH is 2. The number of benzene rings is 1. The molecule has 0 aliphatic heterocycles. The van der Waals surface area contributed by atoms with Crippen LogP contribution in [0.25, 0.3) is 5.76 Å². The van der Waals surface area contributed by atoms with Crippen LogP contribution in [0.4, 0.5) is 16.2 Å². The van der Waals surface area contributed by atoms with Crippen molar-refractivity contribution >= 4 is 52.6 Å². The summed E-state index contributed by atoms with van der Waals surface area (Å²) >= 11 is 0. The Balaban J connectivity index is 1.48. The van der Waals surface area contributed by atoms with Gasteiger partial charge in [0.2, 0.25) is 18.5 Å². The highest BCUT2D eigenvalue weighted by atomic mass is 16.7. The number of hydrogen-bond donors (Lipinski definition) is 6.